The molecular weight excluding hydrogens is 383 g/mol. The molecule has 2 aromatic rings. The average Bonchev–Trinajstić information content (AvgIpc) is 3.18. The minimum absolute atomic E-state index is 0.156. The monoisotopic (exact) mass is 407 g/mol. The van der Waals surface area contributed by atoms with Gasteiger partial charge < -0.3 is 9.84 Å². The fourth-order valence-electron chi connectivity index (χ4n) is 3.70. The maximum Gasteiger partial charge on any atom is 0.423 e. The Kier molecular flexibility index (Phi) is 6.79. The third-order valence-electron chi connectivity index (χ3n) is 5.17. The first-order valence-electron chi connectivity index (χ1n) is 9.70. The van der Waals surface area contributed by atoms with Crippen molar-refractivity contribution in [2.75, 3.05) is 6.73 Å². The van der Waals surface area contributed by atoms with Crippen molar-refractivity contribution in [3.05, 3.63) is 59.2 Å². The standard InChI is InChI=1S/C22H24F3NO3/c23-22(24,25)20-19(29-14-26-13-16-8-2-1-3-9-16)11-10-17(21(20)28)18(27)12-15-6-4-5-7-15/h1-3,8-11,15,26,28H,4-7,12-14H2. The number of rotatable bonds is 8. The second kappa shape index (κ2) is 9.31. The first-order chi connectivity index (χ1) is 13.9. The minimum atomic E-state index is -4.84. The second-order valence-corrected chi connectivity index (χ2v) is 7.31. The van der Waals surface area contributed by atoms with Gasteiger partial charge in [-0.2, -0.15) is 13.2 Å². The molecule has 7 heteroatoms. The highest BCUT2D eigenvalue weighted by atomic mass is 19.4. The van der Waals surface area contributed by atoms with Gasteiger partial charge in [0.05, 0.1) is 5.56 Å². The Morgan fingerprint density at radius 3 is 2.45 bits per heavy atom. The highest BCUT2D eigenvalue weighted by molar-refractivity contribution is 5.99. The van der Waals surface area contributed by atoms with E-state index in [9.17, 15) is 23.1 Å². The molecule has 1 saturated carbocycles. The molecule has 3 rings (SSSR count). The zero-order valence-electron chi connectivity index (χ0n) is 16.0. The number of phenolic OH excluding ortho intramolecular Hbond substituents is 1. The highest BCUT2D eigenvalue weighted by Gasteiger charge is 2.39. The molecule has 1 fully saturated rings. The van der Waals surface area contributed by atoms with E-state index in [0.717, 1.165) is 37.3 Å². The van der Waals surface area contributed by atoms with Crippen LogP contribution in [0.1, 0.15) is 53.6 Å². The lowest BCUT2D eigenvalue weighted by Gasteiger charge is -2.18. The maximum atomic E-state index is 13.6. The van der Waals surface area contributed by atoms with Crippen LogP contribution in [0.15, 0.2) is 42.5 Å². The van der Waals surface area contributed by atoms with Gasteiger partial charge in [-0.25, -0.2) is 0 Å². The number of Topliss-reactive ketones (excluding diaryl/α,β-unsaturated/α-hetero) is 1. The SMILES string of the molecule is O=C(CC1CCCC1)c1ccc(OCNCc2ccccc2)c(C(F)(F)F)c1O. The third-order valence-corrected chi connectivity index (χ3v) is 5.17. The van der Waals surface area contributed by atoms with Gasteiger partial charge in [-0.1, -0.05) is 56.0 Å². The molecule has 2 aromatic carbocycles. The first-order valence-corrected chi connectivity index (χ1v) is 9.70. The highest BCUT2D eigenvalue weighted by Crippen LogP contribution is 2.44. The van der Waals surface area contributed by atoms with Gasteiger partial charge in [-0.05, 0) is 23.6 Å². The van der Waals surface area contributed by atoms with Gasteiger partial charge in [0.2, 0.25) is 0 Å². The van der Waals surface area contributed by atoms with Gasteiger partial charge in [0.15, 0.2) is 5.78 Å². The van der Waals surface area contributed by atoms with Gasteiger partial charge in [0.1, 0.15) is 23.8 Å². The summed E-state index contributed by atoms with van der Waals surface area (Å²) in [5.74, 6) is -1.85. The molecule has 0 atom stereocenters. The van der Waals surface area contributed by atoms with Crippen molar-refractivity contribution in [1.29, 1.82) is 0 Å². The lowest BCUT2D eigenvalue weighted by molar-refractivity contribution is -0.140. The number of ketones is 1. The van der Waals surface area contributed by atoms with E-state index in [0.29, 0.717) is 6.54 Å². The van der Waals surface area contributed by atoms with E-state index >= 15 is 0 Å². The molecule has 0 aliphatic heterocycles. The summed E-state index contributed by atoms with van der Waals surface area (Å²) in [6.45, 7) is 0.249. The van der Waals surface area contributed by atoms with E-state index in [1.54, 1.807) is 0 Å². The minimum Gasteiger partial charge on any atom is -0.506 e. The van der Waals surface area contributed by atoms with Crippen molar-refractivity contribution in [3.63, 3.8) is 0 Å². The zero-order valence-corrected chi connectivity index (χ0v) is 16.0. The molecule has 156 valence electrons. The summed E-state index contributed by atoms with van der Waals surface area (Å²) in [6, 6.07) is 11.7. The van der Waals surface area contributed by atoms with E-state index in [4.69, 9.17) is 4.74 Å². The number of aromatic hydroxyl groups is 1. The zero-order chi connectivity index (χ0) is 20.9. The number of hydrogen-bond donors (Lipinski definition) is 2. The van der Waals surface area contributed by atoms with Gasteiger partial charge >= 0.3 is 6.18 Å². The fraction of sp³-hybridized carbons (Fsp3) is 0.409. The van der Waals surface area contributed by atoms with E-state index in [2.05, 4.69) is 5.32 Å². The van der Waals surface area contributed by atoms with Crippen molar-refractivity contribution in [2.24, 2.45) is 5.92 Å². The number of halogens is 3. The van der Waals surface area contributed by atoms with Crippen LogP contribution in [0.4, 0.5) is 13.2 Å². The lowest BCUT2D eigenvalue weighted by Crippen LogP contribution is -2.21. The molecule has 0 saturated heterocycles. The largest absolute Gasteiger partial charge is 0.506 e. The summed E-state index contributed by atoms with van der Waals surface area (Å²) in [6.07, 6.45) is -0.840. The number of nitrogens with one attached hydrogen (secondary N) is 1. The molecule has 0 radical (unpaired) electrons. The first kappa shape index (κ1) is 21.2. The van der Waals surface area contributed by atoms with Crippen LogP contribution in [0.2, 0.25) is 0 Å². The van der Waals surface area contributed by atoms with E-state index in [1.807, 2.05) is 30.3 Å². The predicted octanol–water partition coefficient (Wildman–Crippen LogP) is 5.30. The molecule has 0 unspecified atom stereocenters. The van der Waals surface area contributed by atoms with E-state index in [-0.39, 0.29) is 24.6 Å². The van der Waals surface area contributed by atoms with Crippen LogP contribution in [0.25, 0.3) is 0 Å². The Morgan fingerprint density at radius 1 is 1.10 bits per heavy atom. The average molecular weight is 407 g/mol. The summed E-state index contributed by atoms with van der Waals surface area (Å²) in [4.78, 5) is 12.4. The molecule has 4 nitrogen and oxygen atoms in total. The molecule has 0 bridgehead atoms. The van der Waals surface area contributed by atoms with Crippen molar-refractivity contribution in [3.8, 4) is 11.5 Å². The smallest absolute Gasteiger partial charge is 0.423 e. The molecule has 29 heavy (non-hydrogen) atoms. The molecule has 0 amide bonds. The Morgan fingerprint density at radius 2 is 1.79 bits per heavy atom. The topological polar surface area (TPSA) is 58.6 Å². The molecule has 2 N–H and O–H groups in total. The van der Waals surface area contributed by atoms with Crippen LogP contribution in [0.5, 0.6) is 11.5 Å². The number of carbonyl (C=O) groups is 1. The van der Waals surface area contributed by atoms with Crippen LogP contribution in [-0.4, -0.2) is 17.6 Å². The molecule has 1 aliphatic rings. The van der Waals surface area contributed by atoms with Crippen molar-refractivity contribution < 1.29 is 27.8 Å². The van der Waals surface area contributed by atoms with E-state index in [1.165, 1.54) is 6.07 Å². The Labute approximate surface area is 167 Å². The van der Waals surface area contributed by atoms with Crippen LogP contribution < -0.4 is 10.1 Å². The summed E-state index contributed by atoms with van der Waals surface area (Å²) in [7, 11) is 0. The van der Waals surface area contributed by atoms with Gasteiger partial charge in [-0.3, -0.25) is 10.1 Å². The van der Waals surface area contributed by atoms with Gasteiger partial charge in [0.25, 0.3) is 0 Å². The number of phenols is 1. The third kappa shape index (κ3) is 5.50. The Bertz CT molecular complexity index is 831. The van der Waals surface area contributed by atoms with Crippen LogP contribution in [0, 0.1) is 5.92 Å². The molecule has 0 spiro atoms. The van der Waals surface area contributed by atoms with Gasteiger partial charge in [0, 0.05) is 13.0 Å². The van der Waals surface area contributed by atoms with E-state index < -0.39 is 29.0 Å². The number of alkyl halides is 3. The normalized spacial score (nSPS) is 14.9. The number of carbonyl (C=O) groups excluding carboxylic acids is 1. The van der Waals surface area contributed by atoms with Crippen LogP contribution in [-0.2, 0) is 12.7 Å². The second-order valence-electron chi connectivity index (χ2n) is 7.31. The summed E-state index contributed by atoms with van der Waals surface area (Å²) < 4.78 is 45.9. The summed E-state index contributed by atoms with van der Waals surface area (Å²) in [5, 5.41) is 13.1. The predicted molar refractivity (Wildman–Crippen MR) is 103 cm³/mol. The van der Waals surface area contributed by atoms with Crippen LogP contribution >= 0.6 is 0 Å². The maximum absolute atomic E-state index is 13.6. The summed E-state index contributed by atoms with van der Waals surface area (Å²) >= 11 is 0. The molecule has 1 aliphatic carbocycles. The quantitative estimate of drug-likeness (QED) is 0.354. The number of benzene rings is 2. The number of hydrogen-bond acceptors (Lipinski definition) is 4. The van der Waals surface area contributed by atoms with Crippen molar-refractivity contribution in [1.82, 2.24) is 5.32 Å². The fourth-order valence-corrected chi connectivity index (χ4v) is 3.70. The summed E-state index contributed by atoms with van der Waals surface area (Å²) in [5.41, 5.74) is -0.645. The molecular formula is C22H24F3NO3. The van der Waals surface area contributed by atoms with Crippen molar-refractivity contribution in [2.45, 2.75) is 44.8 Å². The molecule has 0 aromatic heterocycles. The molecule has 0 heterocycles. The van der Waals surface area contributed by atoms with Gasteiger partial charge in [-0.15, -0.1) is 0 Å². The Balaban J connectivity index is 1.71. The number of ether oxygens (including phenoxy) is 1. The van der Waals surface area contributed by atoms with Crippen LogP contribution in [0.3, 0.4) is 0 Å². The Hall–Kier alpha value is -2.54. The lowest BCUT2D eigenvalue weighted by atomic mass is 9.95. The van der Waals surface area contributed by atoms with Crippen molar-refractivity contribution >= 4 is 5.78 Å².